The molecule has 0 aliphatic carbocycles. The normalized spacial score (nSPS) is 14.3. The van der Waals surface area contributed by atoms with E-state index in [4.69, 9.17) is 6.42 Å². The monoisotopic (exact) mass is 250 g/mol. The predicted octanol–water partition coefficient (Wildman–Crippen LogP) is 4.59. The first-order valence-corrected chi connectivity index (χ1v) is 6.77. The minimum absolute atomic E-state index is 0.985. The molecule has 0 rings (SSSR count). The van der Waals surface area contributed by atoms with Crippen LogP contribution in [-0.4, -0.2) is 6.26 Å². The van der Waals surface area contributed by atoms with Gasteiger partial charge in [0, 0.05) is 15.9 Å². The predicted molar refractivity (Wildman–Crippen MR) is 80.7 cm³/mol. The molecule has 0 N–H and O–H groups in total. The number of hydrogen-bond donors (Lipinski definition) is 1. The van der Waals surface area contributed by atoms with Gasteiger partial charge in [-0.25, -0.2) is 0 Å². The lowest BCUT2D eigenvalue weighted by Crippen LogP contribution is -1.75. The first-order chi connectivity index (χ1) is 7.65. The molecule has 2 heteroatoms. The Hall–Kier alpha value is -0.780. The molecule has 0 aromatic carbocycles. The molecule has 0 saturated carbocycles. The molecule has 0 heterocycles. The van der Waals surface area contributed by atoms with E-state index in [9.17, 15) is 0 Å². The lowest BCUT2D eigenvalue weighted by molar-refractivity contribution is 1.19. The van der Waals surface area contributed by atoms with Crippen molar-refractivity contribution in [1.82, 2.24) is 0 Å². The van der Waals surface area contributed by atoms with Gasteiger partial charge in [0.15, 0.2) is 0 Å². The molecule has 0 aliphatic heterocycles. The van der Waals surface area contributed by atoms with Gasteiger partial charge in [-0.3, -0.25) is 0 Å². The zero-order chi connectivity index (χ0) is 12.4. The van der Waals surface area contributed by atoms with E-state index in [2.05, 4.69) is 38.5 Å². The van der Waals surface area contributed by atoms with Gasteiger partial charge in [-0.1, -0.05) is 25.0 Å². The summed E-state index contributed by atoms with van der Waals surface area (Å²) < 4.78 is 0. The molecule has 0 spiro atoms. The minimum atomic E-state index is 0.985. The third kappa shape index (κ3) is 6.66. The summed E-state index contributed by atoms with van der Waals surface area (Å²) >= 11 is 6.05. The number of hydrogen-bond acceptors (Lipinski definition) is 2. The lowest BCUT2D eigenvalue weighted by Gasteiger charge is -1.97. The molecule has 16 heavy (non-hydrogen) atoms. The second-order valence-corrected chi connectivity index (χ2v) is 4.49. The zero-order valence-electron chi connectivity index (χ0n) is 10.0. The molecule has 86 valence electrons. The van der Waals surface area contributed by atoms with E-state index >= 15 is 0 Å². The molecule has 0 saturated heterocycles. The third-order valence-electron chi connectivity index (χ3n) is 1.89. The van der Waals surface area contributed by atoms with E-state index in [0.717, 1.165) is 16.2 Å². The zero-order valence-corrected chi connectivity index (χ0v) is 11.7. The van der Waals surface area contributed by atoms with Gasteiger partial charge in [-0.2, -0.15) is 0 Å². The van der Waals surface area contributed by atoms with Gasteiger partial charge in [-0.05, 0) is 37.3 Å². The van der Waals surface area contributed by atoms with Gasteiger partial charge in [-0.15, -0.1) is 30.8 Å². The Morgan fingerprint density at radius 3 is 2.69 bits per heavy atom. The van der Waals surface area contributed by atoms with Crippen molar-refractivity contribution in [3.8, 4) is 12.3 Å². The summed E-state index contributed by atoms with van der Waals surface area (Å²) in [5, 5.41) is 0. The first-order valence-electron chi connectivity index (χ1n) is 5.10. The van der Waals surface area contributed by atoms with E-state index in [-0.39, 0.29) is 0 Å². The average Bonchev–Trinajstić information content (AvgIpc) is 2.28. The quantitative estimate of drug-likeness (QED) is 0.423. The van der Waals surface area contributed by atoms with Gasteiger partial charge in [0.05, 0.1) is 0 Å². The number of allylic oxidation sites excluding steroid dienone is 6. The van der Waals surface area contributed by atoms with Crippen molar-refractivity contribution < 1.29 is 0 Å². The van der Waals surface area contributed by atoms with Crippen LogP contribution in [0.5, 0.6) is 0 Å². The molecular formula is C14H18S2. The summed E-state index contributed by atoms with van der Waals surface area (Å²) in [5.41, 5.74) is 1.20. The van der Waals surface area contributed by atoms with Gasteiger partial charge in [0.2, 0.25) is 0 Å². The molecule has 0 fully saturated rings. The van der Waals surface area contributed by atoms with E-state index in [1.165, 1.54) is 5.57 Å². The standard InChI is InChI=1S/C14H18S2/c1-5-8-12(3)14(15)11-7-10-13(16-4)9-6-2/h2,7-11,15H,5H2,1,3-4H3/b10-7+,12-8-,13-9-,14-11-. The Balaban J connectivity index is 4.59. The molecule has 0 unspecified atom stereocenters. The topological polar surface area (TPSA) is 0 Å². The van der Waals surface area contributed by atoms with Crippen LogP contribution >= 0.6 is 24.4 Å². The smallest absolute Gasteiger partial charge is 0.0153 e. The number of thioether (sulfide) groups is 1. The summed E-state index contributed by atoms with van der Waals surface area (Å²) in [6.45, 7) is 4.17. The lowest BCUT2D eigenvalue weighted by atomic mass is 10.2. The van der Waals surface area contributed by atoms with Crippen LogP contribution in [0.1, 0.15) is 20.3 Å². The fraction of sp³-hybridized carbons (Fsp3) is 0.286. The van der Waals surface area contributed by atoms with Crippen molar-refractivity contribution >= 4 is 24.4 Å². The molecule has 0 bridgehead atoms. The largest absolute Gasteiger partial charge is 0.143 e. The van der Waals surface area contributed by atoms with Crippen LogP contribution in [0.25, 0.3) is 0 Å². The Morgan fingerprint density at radius 2 is 2.19 bits per heavy atom. The van der Waals surface area contributed by atoms with Crippen LogP contribution in [0, 0.1) is 12.3 Å². The average molecular weight is 250 g/mol. The second kappa shape index (κ2) is 9.45. The van der Waals surface area contributed by atoms with Crippen LogP contribution in [0.3, 0.4) is 0 Å². The van der Waals surface area contributed by atoms with E-state index in [1.54, 1.807) is 17.8 Å². The molecule has 0 aliphatic rings. The van der Waals surface area contributed by atoms with Crippen molar-refractivity contribution in [2.24, 2.45) is 0 Å². The Kier molecular flexibility index (Phi) is 8.99. The van der Waals surface area contributed by atoms with Crippen LogP contribution in [-0.2, 0) is 0 Å². The van der Waals surface area contributed by atoms with E-state index in [0.29, 0.717) is 0 Å². The maximum atomic E-state index is 5.21. The highest BCUT2D eigenvalue weighted by molar-refractivity contribution is 8.02. The number of terminal acetylenes is 1. The van der Waals surface area contributed by atoms with Crippen LogP contribution in [0.4, 0.5) is 0 Å². The van der Waals surface area contributed by atoms with Crippen LogP contribution in [0.2, 0.25) is 0 Å². The summed E-state index contributed by atoms with van der Waals surface area (Å²) in [5.74, 6) is 2.51. The first kappa shape index (κ1) is 15.2. The van der Waals surface area contributed by atoms with Crippen molar-refractivity contribution in [1.29, 1.82) is 0 Å². The highest BCUT2D eigenvalue weighted by Crippen LogP contribution is 2.16. The summed E-state index contributed by atoms with van der Waals surface area (Å²) in [7, 11) is 0. The van der Waals surface area contributed by atoms with E-state index in [1.807, 2.05) is 24.5 Å². The molecule has 0 aromatic rings. The van der Waals surface area contributed by atoms with Crippen LogP contribution < -0.4 is 0 Å². The van der Waals surface area contributed by atoms with Gasteiger partial charge < -0.3 is 0 Å². The van der Waals surface area contributed by atoms with Crippen molar-refractivity contribution in [3.63, 3.8) is 0 Å². The van der Waals surface area contributed by atoms with Gasteiger partial charge >= 0.3 is 0 Å². The summed E-state index contributed by atoms with van der Waals surface area (Å²) in [6.07, 6.45) is 18.1. The Morgan fingerprint density at radius 1 is 1.50 bits per heavy atom. The maximum absolute atomic E-state index is 5.21. The molecule has 0 aromatic heterocycles. The molecule has 0 amide bonds. The number of rotatable bonds is 5. The van der Waals surface area contributed by atoms with Gasteiger partial charge in [0.25, 0.3) is 0 Å². The highest BCUT2D eigenvalue weighted by Gasteiger charge is 1.90. The van der Waals surface area contributed by atoms with Crippen molar-refractivity contribution in [2.45, 2.75) is 20.3 Å². The summed E-state index contributed by atoms with van der Waals surface area (Å²) in [4.78, 5) is 2.05. The number of thiol groups is 1. The maximum Gasteiger partial charge on any atom is 0.0153 e. The summed E-state index contributed by atoms with van der Waals surface area (Å²) in [6, 6.07) is 0. The highest BCUT2D eigenvalue weighted by atomic mass is 32.2. The SMILES string of the molecule is C#C/C=C(/C=C/C=C(S)/C(C)=C\CC)SC. The molecule has 0 atom stereocenters. The van der Waals surface area contributed by atoms with E-state index < -0.39 is 0 Å². The van der Waals surface area contributed by atoms with Crippen LogP contribution in [0.15, 0.2) is 45.8 Å². The molecular weight excluding hydrogens is 232 g/mol. The fourth-order valence-electron chi connectivity index (χ4n) is 1.03. The third-order valence-corrected chi connectivity index (χ3v) is 3.12. The fourth-order valence-corrected chi connectivity index (χ4v) is 1.61. The molecule has 0 radical (unpaired) electrons. The minimum Gasteiger partial charge on any atom is -0.143 e. The molecule has 0 nitrogen and oxygen atoms in total. The Labute approximate surface area is 109 Å². The van der Waals surface area contributed by atoms with Crippen molar-refractivity contribution in [3.05, 3.63) is 45.8 Å². The second-order valence-electron chi connectivity index (χ2n) is 3.12. The Bertz CT molecular complexity index is 363. The van der Waals surface area contributed by atoms with Crippen molar-refractivity contribution in [2.75, 3.05) is 6.26 Å². The van der Waals surface area contributed by atoms with Gasteiger partial charge in [0.1, 0.15) is 0 Å².